The molecule has 0 aliphatic heterocycles. The quantitative estimate of drug-likeness (QED) is 0.740. The van der Waals surface area contributed by atoms with Crippen molar-refractivity contribution in [1.82, 2.24) is 5.16 Å². The van der Waals surface area contributed by atoms with Crippen LogP contribution >= 0.6 is 0 Å². The number of hydrogen-bond acceptors (Lipinski definition) is 3. The normalized spacial score (nSPS) is 11.0. The van der Waals surface area contributed by atoms with E-state index in [1.807, 2.05) is 0 Å². The molecule has 1 N–H and O–H groups in total. The molecule has 0 amide bonds. The summed E-state index contributed by atoms with van der Waals surface area (Å²) in [6.45, 7) is -0.652. The highest BCUT2D eigenvalue weighted by atomic mass is 19.2. The van der Waals surface area contributed by atoms with Crippen molar-refractivity contribution < 1.29 is 27.2 Å². The highest BCUT2D eigenvalue weighted by Crippen LogP contribution is 2.35. The molecule has 3 rings (SSSR count). The Morgan fingerprint density at radius 1 is 0.957 bits per heavy atom. The molecule has 1 heterocycles. The van der Waals surface area contributed by atoms with Gasteiger partial charge in [-0.15, -0.1) is 0 Å². The van der Waals surface area contributed by atoms with Gasteiger partial charge in [0.1, 0.15) is 17.3 Å². The number of halogens is 4. The van der Waals surface area contributed by atoms with E-state index in [0.29, 0.717) is 6.07 Å². The summed E-state index contributed by atoms with van der Waals surface area (Å²) in [5, 5.41) is 13.1. The zero-order valence-corrected chi connectivity index (χ0v) is 11.5. The van der Waals surface area contributed by atoms with E-state index in [1.165, 1.54) is 12.1 Å². The molecule has 0 bridgehead atoms. The summed E-state index contributed by atoms with van der Waals surface area (Å²) in [6, 6.07) is 6.20. The van der Waals surface area contributed by atoms with Gasteiger partial charge in [-0.1, -0.05) is 11.2 Å². The zero-order valence-electron chi connectivity index (χ0n) is 11.5. The number of hydrogen-bond donors (Lipinski definition) is 1. The van der Waals surface area contributed by atoms with E-state index in [4.69, 9.17) is 4.52 Å². The molecular weight excluding hydrogens is 314 g/mol. The molecule has 3 nitrogen and oxygen atoms in total. The lowest BCUT2D eigenvalue weighted by Gasteiger charge is -2.04. The molecule has 0 unspecified atom stereocenters. The van der Waals surface area contributed by atoms with E-state index in [1.54, 1.807) is 0 Å². The van der Waals surface area contributed by atoms with Crippen molar-refractivity contribution in [1.29, 1.82) is 0 Å². The van der Waals surface area contributed by atoms with Crippen molar-refractivity contribution in [2.75, 3.05) is 0 Å². The SMILES string of the molecule is OCc1c(-c2ccc(F)cc2F)noc1-c1cccc(F)c1F. The third-order valence-corrected chi connectivity index (χ3v) is 3.33. The Labute approximate surface area is 127 Å². The minimum atomic E-state index is -1.18. The average molecular weight is 323 g/mol. The predicted octanol–water partition coefficient (Wildman–Crippen LogP) is 4.06. The van der Waals surface area contributed by atoms with Crippen molar-refractivity contribution in [2.45, 2.75) is 6.61 Å². The maximum Gasteiger partial charge on any atom is 0.176 e. The molecule has 2 aromatic carbocycles. The first-order chi connectivity index (χ1) is 11.0. The number of aliphatic hydroxyl groups is 1. The highest BCUT2D eigenvalue weighted by molar-refractivity contribution is 5.73. The van der Waals surface area contributed by atoms with Crippen molar-refractivity contribution in [3.8, 4) is 22.6 Å². The zero-order chi connectivity index (χ0) is 16.6. The van der Waals surface area contributed by atoms with Gasteiger partial charge in [0.2, 0.25) is 0 Å². The first-order valence-electron chi connectivity index (χ1n) is 6.52. The summed E-state index contributed by atoms with van der Waals surface area (Å²) in [5.74, 6) is -4.19. The van der Waals surface area contributed by atoms with Gasteiger partial charge in [-0.05, 0) is 24.3 Å². The van der Waals surface area contributed by atoms with Crippen LogP contribution in [0.4, 0.5) is 17.6 Å². The van der Waals surface area contributed by atoms with Gasteiger partial charge in [0.05, 0.1) is 17.7 Å². The second-order valence-corrected chi connectivity index (χ2v) is 4.72. The number of benzene rings is 2. The Morgan fingerprint density at radius 2 is 1.74 bits per heavy atom. The molecule has 1 aromatic heterocycles. The van der Waals surface area contributed by atoms with Crippen molar-refractivity contribution in [3.63, 3.8) is 0 Å². The number of rotatable bonds is 3. The topological polar surface area (TPSA) is 46.3 Å². The fourth-order valence-electron chi connectivity index (χ4n) is 2.24. The molecule has 0 saturated carbocycles. The molecule has 0 fully saturated rings. The molecular formula is C16H9F4NO2. The first kappa shape index (κ1) is 15.2. The monoisotopic (exact) mass is 323 g/mol. The Kier molecular flexibility index (Phi) is 3.87. The van der Waals surface area contributed by atoms with Crippen LogP contribution in [-0.4, -0.2) is 10.3 Å². The Bertz CT molecular complexity index is 877. The van der Waals surface area contributed by atoms with Gasteiger partial charge < -0.3 is 9.63 Å². The second kappa shape index (κ2) is 5.85. The van der Waals surface area contributed by atoms with Crippen molar-refractivity contribution in [3.05, 3.63) is 65.2 Å². The Balaban J connectivity index is 2.19. The molecule has 0 aliphatic carbocycles. The Hall–Kier alpha value is -2.67. The van der Waals surface area contributed by atoms with E-state index < -0.39 is 29.9 Å². The van der Waals surface area contributed by atoms with Crippen LogP contribution in [0, 0.1) is 23.3 Å². The fourth-order valence-corrected chi connectivity index (χ4v) is 2.24. The van der Waals surface area contributed by atoms with E-state index in [9.17, 15) is 22.7 Å². The summed E-state index contributed by atoms with van der Waals surface area (Å²) in [5.41, 5.74) is -0.513. The Morgan fingerprint density at radius 3 is 2.43 bits per heavy atom. The lowest BCUT2D eigenvalue weighted by Crippen LogP contribution is -1.94. The van der Waals surface area contributed by atoms with Crippen molar-refractivity contribution >= 4 is 0 Å². The van der Waals surface area contributed by atoms with Crippen LogP contribution in [0.1, 0.15) is 5.56 Å². The molecule has 0 radical (unpaired) electrons. The van der Waals surface area contributed by atoms with Crippen LogP contribution in [0.3, 0.4) is 0 Å². The maximum absolute atomic E-state index is 13.9. The molecule has 7 heteroatoms. The van der Waals surface area contributed by atoms with Gasteiger partial charge in [0, 0.05) is 11.6 Å². The summed E-state index contributed by atoms with van der Waals surface area (Å²) < 4.78 is 59.0. The largest absolute Gasteiger partial charge is 0.391 e. The lowest BCUT2D eigenvalue weighted by atomic mass is 10.0. The first-order valence-corrected chi connectivity index (χ1v) is 6.52. The maximum atomic E-state index is 13.9. The van der Waals surface area contributed by atoms with Gasteiger partial charge in [-0.3, -0.25) is 0 Å². The van der Waals surface area contributed by atoms with Gasteiger partial charge in [-0.25, -0.2) is 17.6 Å². The summed E-state index contributed by atoms with van der Waals surface area (Å²) in [6.07, 6.45) is 0. The molecule has 0 atom stereocenters. The van der Waals surface area contributed by atoms with Crippen LogP contribution in [0.15, 0.2) is 40.9 Å². The standard InChI is InChI=1S/C16H9F4NO2/c17-8-4-5-9(13(19)6-8)15-11(7-22)16(23-21-15)10-2-1-3-12(18)14(10)20/h1-6,22H,7H2. The third kappa shape index (κ3) is 2.59. The number of nitrogens with zero attached hydrogens (tertiary/aromatic N) is 1. The van der Waals surface area contributed by atoms with Gasteiger partial charge in [-0.2, -0.15) is 0 Å². The van der Waals surface area contributed by atoms with E-state index in [0.717, 1.165) is 18.2 Å². The number of aromatic nitrogens is 1. The van der Waals surface area contributed by atoms with Gasteiger partial charge >= 0.3 is 0 Å². The van der Waals surface area contributed by atoms with Crippen LogP contribution in [0.5, 0.6) is 0 Å². The van der Waals surface area contributed by atoms with Crippen LogP contribution in [-0.2, 0) is 6.61 Å². The van der Waals surface area contributed by atoms with Crippen LogP contribution < -0.4 is 0 Å². The van der Waals surface area contributed by atoms with Crippen LogP contribution in [0.25, 0.3) is 22.6 Å². The molecule has 0 saturated heterocycles. The van der Waals surface area contributed by atoms with Crippen LogP contribution in [0.2, 0.25) is 0 Å². The smallest absolute Gasteiger partial charge is 0.176 e. The lowest BCUT2D eigenvalue weighted by molar-refractivity contribution is 0.281. The third-order valence-electron chi connectivity index (χ3n) is 3.33. The number of aliphatic hydroxyl groups excluding tert-OH is 1. The van der Waals surface area contributed by atoms with E-state index >= 15 is 0 Å². The van der Waals surface area contributed by atoms with Gasteiger partial charge in [0.25, 0.3) is 0 Å². The molecule has 0 spiro atoms. The van der Waals surface area contributed by atoms with Gasteiger partial charge in [0.15, 0.2) is 17.4 Å². The molecule has 23 heavy (non-hydrogen) atoms. The molecule has 118 valence electrons. The minimum Gasteiger partial charge on any atom is -0.391 e. The van der Waals surface area contributed by atoms with E-state index in [2.05, 4.69) is 5.16 Å². The predicted molar refractivity (Wildman–Crippen MR) is 73.1 cm³/mol. The highest BCUT2D eigenvalue weighted by Gasteiger charge is 2.23. The molecule has 0 aliphatic rings. The molecule has 3 aromatic rings. The fraction of sp³-hybridized carbons (Fsp3) is 0.0625. The minimum absolute atomic E-state index is 0.0278. The summed E-state index contributed by atoms with van der Waals surface area (Å²) in [4.78, 5) is 0. The van der Waals surface area contributed by atoms with Crippen molar-refractivity contribution in [2.24, 2.45) is 0 Å². The van der Waals surface area contributed by atoms with E-state index in [-0.39, 0.29) is 28.1 Å². The average Bonchev–Trinajstić information content (AvgIpc) is 2.93. The summed E-state index contributed by atoms with van der Waals surface area (Å²) >= 11 is 0. The summed E-state index contributed by atoms with van der Waals surface area (Å²) in [7, 11) is 0. The second-order valence-electron chi connectivity index (χ2n) is 4.72.